The zero-order valence-corrected chi connectivity index (χ0v) is 19.7. The van der Waals surface area contributed by atoms with Gasteiger partial charge in [0.2, 0.25) is 5.91 Å². The number of carbonyl (C=O) groups excluding carboxylic acids is 1. The van der Waals surface area contributed by atoms with Crippen LogP contribution in [0.4, 0.5) is 5.69 Å². The Morgan fingerprint density at radius 3 is 2.52 bits per heavy atom. The Kier molecular flexibility index (Phi) is 10.0. The molecule has 0 radical (unpaired) electrons. The quantitative estimate of drug-likeness (QED) is 0.564. The van der Waals surface area contributed by atoms with Crippen LogP contribution in [0.3, 0.4) is 0 Å². The van der Waals surface area contributed by atoms with E-state index in [1.807, 2.05) is 32.9 Å². The van der Waals surface area contributed by atoms with Crippen LogP contribution < -0.4 is 10.2 Å². The number of aliphatic imine (C=N–C) groups is 1. The van der Waals surface area contributed by atoms with Crippen LogP contribution in [-0.2, 0) is 4.79 Å². The molecule has 0 spiro atoms. The Labute approximate surface area is 187 Å². The second-order valence-electron chi connectivity index (χ2n) is 7.60. The lowest BCUT2D eigenvalue weighted by Crippen LogP contribution is -2.45. The van der Waals surface area contributed by atoms with Crippen LogP contribution in [-0.4, -0.2) is 55.1 Å². The topological polar surface area (TPSA) is 60.3 Å². The van der Waals surface area contributed by atoms with Crippen LogP contribution in [0.15, 0.2) is 52.6 Å². The van der Waals surface area contributed by atoms with Crippen molar-refractivity contribution >= 4 is 28.7 Å². The van der Waals surface area contributed by atoms with Gasteiger partial charge >= 0.3 is 0 Å². The molecule has 1 fully saturated rings. The number of anilines is 1. The summed E-state index contributed by atoms with van der Waals surface area (Å²) < 4.78 is 0. The van der Waals surface area contributed by atoms with Crippen molar-refractivity contribution in [2.75, 3.05) is 37.6 Å². The van der Waals surface area contributed by atoms with E-state index in [4.69, 9.17) is 4.99 Å². The highest BCUT2D eigenvalue weighted by Crippen LogP contribution is 2.29. The van der Waals surface area contributed by atoms with Crippen molar-refractivity contribution in [3.05, 3.63) is 48.1 Å². The maximum atomic E-state index is 11.7. The lowest BCUT2D eigenvalue weighted by atomic mass is 10.1. The van der Waals surface area contributed by atoms with Crippen molar-refractivity contribution in [3.63, 3.8) is 0 Å². The summed E-state index contributed by atoms with van der Waals surface area (Å²) in [5, 5.41) is 9.31. The summed E-state index contributed by atoms with van der Waals surface area (Å²) in [6, 6.07) is 8.48. The van der Waals surface area contributed by atoms with E-state index in [1.54, 1.807) is 5.01 Å². The molecule has 168 valence electrons. The fourth-order valence-electron chi connectivity index (χ4n) is 3.64. The summed E-state index contributed by atoms with van der Waals surface area (Å²) in [6.07, 6.45) is 8.20. The van der Waals surface area contributed by atoms with Crippen LogP contribution >= 0.6 is 0 Å². The fraction of sp³-hybridized carbons (Fsp3) is 0.480. The lowest BCUT2D eigenvalue weighted by molar-refractivity contribution is -0.124. The average molecular weight is 424 g/mol. The van der Waals surface area contributed by atoms with Crippen molar-refractivity contribution in [2.45, 2.75) is 47.5 Å². The van der Waals surface area contributed by atoms with Crippen LogP contribution in [0.5, 0.6) is 0 Å². The van der Waals surface area contributed by atoms with Gasteiger partial charge < -0.3 is 10.2 Å². The summed E-state index contributed by atoms with van der Waals surface area (Å²) in [5.74, 6) is 0.00216. The maximum absolute atomic E-state index is 11.7. The second-order valence-corrected chi connectivity index (χ2v) is 7.60. The average Bonchev–Trinajstić information content (AvgIpc) is 2.76. The first-order valence-electron chi connectivity index (χ1n) is 11.3. The molecule has 1 amide bonds. The number of piperazine rings is 1. The van der Waals surface area contributed by atoms with Crippen molar-refractivity contribution in [2.24, 2.45) is 10.1 Å². The number of amides is 1. The van der Waals surface area contributed by atoms with Gasteiger partial charge in [-0.15, -0.1) is 0 Å². The highest BCUT2D eigenvalue weighted by atomic mass is 16.2. The highest BCUT2D eigenvalue weighted by Gasteiger charge is 2.16. The first-order valence-corrected chi connectivity index (χ1v) is 11.3. The smallest absolute Gasteiger partial charge is 0.241 e. The number of nitrogens with one attached hydrogen (secondary N) is 1. The van der Waals surface area contributed by atoms with Gasteiger partial charge in [0.25, 0.3) is 0 Å². The van der Waals surface area contributed by atoms with Gasteiger partial charge in [-0.25, -0.2) is 4.99 Å². The highest BCUT2D eigenvalue weighted by molar-refractivity contribution is 6.46. The minimum absolute atomic E-state index is 0.00216. The molecule has 1 saturated heterocycles. The predicted octanol–water partition coefficient (Wildman–Crippen LogP) is 4.50. The van der Waals surface area contributed by atoms with E-state index < -0.39 is 0 Å². The van der Waals surface area contributed by atoms with E-state index in [-0.39, 0.29) is 12.5 Å². The summed E-state index contributed by atoms with van der Waals surface area (Å²) in [6.45, 7) is 14.0. The van der Waals surface area contributed by atoms with Gasteiger partial charge in [0.05, 0.1) is 23.7 Å². The summed E-state index contributed by atoms with van der Waals surface area (Å²) >= 11 is 0. The number of para-hydroxylation sites is 1. The third-order valence-corrected chi connectivity index (χ3v) is 5.03. The number of hydrazone groups is 1. The van der Waals surface area contributed by atoms with Gasteiger partial charge in [-0.3, -0.25) is 9.80 Å². The first kappa shape index (κ1) is 24.4. The molecule has 0 aromatic heterocycles. The molecular formula is C25H37N5O. The summed E-state index contributed by atoms with van der Waals surface area (Å²) in [7, 11) is 0. The Morgan fingerprint density at radius 1 is 1.19 bits per heavy atom. The van der Waals surface area contributed by atoms with Crippen molar-refractivity contribution in [1.82, 2.24) is 10.3 Å². The van der Waals surface area contributed by atoms with Crippen molar-refractivity contribution in [3.8, 4) is 0 Å². The van der Waals surface area contributed by atoms with Gasteiger partial charge in [-0.05, 0) is 45.8 Å². The number of rotatable bonds is 10. The molecule has 0 bridgehead atoms. The number of hydrogen-bond donors (Lipinski definition) is 1. The van der Waals surface area contributed by atoms with Crippen molar-refractivity contribution in [1.29, 1.82) is 0 Å². The SMILES string of the molecule is C/C=C\C(=NC(=C/C)/c1ccccc1N(CCC)CCC)/C(C)=N/N1CCNC(=O)C1. The third kappa shape index (κ3) is 7.09. The Hall–Kier alpha value is -2.89. The molecule has 0 unspecified atom stereocenters. The van der Waals surface area contributed by atoms with Crippen LogP contribution in [0.25, 0.3) is 5.70 Å². The van der Waals surface area contributed by atoms with E-state index in [0.29, 0.717) is 13.1 Å². The molecule has 31 heavy (non-hydrogen) atoms. The molecule has 1 heterocycles. The largest absolute Gasteiger partial charge is 0.371 e. The van der Waals surface area contributed by atoms with Crippen LogP contribution in [0.2, 0.25) is 0 Å². The number of carbonyl (C=O) groups is 1. The Bertz CT molecular complexity index is 847. The van der Waals surface area contributed by atoms with E-state index in [2.05, 4.69) is 59.5 Å². The van der Waals surface area contributed by atoms with Gasteiger partial charge in [0.15, 0.2) is 0 Å². The van der Waals surface area contributed by atoms with Gasteiger partial charge in [-0.2, -0.15) is 5.10 Å². The zero-order valence-electron chi connectivity index (χ0n) is 19.7. The molecule has 0 saturated carbocycles. The summed E-state index contributed by atoms with van der Waals surface area (Å²) in [5.41, 5.74) is 4.86. The molecule has 1 aromatic rings. The Morgan fingerprint density at radius 2 is 1.90 bits per heavy atom. The molecule has 1 aromatic carbocycles. The molecule has 1 N–H and O–H groups in total. The normalized spacial score (nSPS) is 16.1. The molecule has 0 aliphatic carbocycles. The van der Waals surface area contributed by atoms with E-state index >= 15 is 0 Å². The molecule has 1 aliphatic heterocycles. The molecule has 6 nitrogen and oxygen atoms in total. The predicted molar refractivity (Wildman–Crippen MR) is 133 cm³/mol. The molecular weight excluding hydrogens is 386 g/mol. The number of benzene rings is 1. The van der Waals surface area contributed by atoms with E-state index in [9.17, 15) is 4.79 Å². The van der Waals surface area contributed by atoms with E-state index in [0.717, 1.165) is 48.6 Å². The minimum atomic E-state index is 0.00216. The molecule has 2 rings (SSSR count). The van der Waals surface area contributed by atoms with Crippen LogP contribution in [0.1, 0.15) is 53.0 Å². The number of allylic oxidation sites excluding steroid dienone is 3. The number of nitrogens with zero attached hydrogens (tertiary/aromatic N) is 4. The second kappa shape index (κ2) is 12.7. The lowest BCUT2D eigenvalue weighted by Gasteiger charge is -2.26. The number of hydrogen-bond acceptors (Lipinski definition) is 5. The van der Waals surface area contributed by atoms with Gasteiger partial charge in [0, 0.05) is 30.9 Å². The van der Waals surface area contributed by atoms with Crippen molar-refractivity contribution < 1.29 is 4.79 Å². The maximum Gasteiger partial charge on any atom is 0.241 e. The minimum Gasteiger partial charge on any atom is -0.371 e. The standard InChI is InChI=1S/C25H37N5O/c1-6-12-23(20(5)28-30-18-15-26-25(31)19-30)27-22(9-4)21-13-10-11-14-24(21)29(16-7-2)17-8-3/h6,9-14H,7-8,15-19H2,1-5H3,(H,26,31)/b12-6-,22-9+,27-23?,28-20+. The van der Waals surface area contributed by atoms with E-state index in [1.165, 1.54) is 5.69 Å². The summed E-state index contributed by atoms with van der Waals surface area (Å²) in [4.78, 5) is 19.1. The Balaban J connectivity index is 2.42. The molecule has 6 heteroatoms. The monoisotopic (exact) mass is 423 g/mol. The first-order chi connectivity index (χ1) is 15.0. The van der Waals surface area contributed by atoms with Crippen LogP contribution in [0, 0.1) is 0 Å². The zero-order chi connectivity index (χ0) is 22.6. The van der Waals surface area contributed by atoms with Gasteiger partial charge in [0.1, 0.15) is 6.54 Å². The molecule has 0 atom stereocenters. The molecule has 1 aliphatic rings. The fourth-order valence-corrected chi connectivity index (χ4v) is 3.64. The third-order valence-electron chi connectivity index (χ3n) is 5.03. The van der Waals surface area contributed by atoms with Gasteiger partial charge in [-0.1, -0.05) is 44.2 Å².